The average molecular weight is 324 g/mol. The third kappa shape index (κ3) is 3.91. The standard InChI is InChI=1S/C15H14ClNO3S/c1-9(13(18)14-17-7-8-21-14)15(19)20-10(2)11-3-5-12(16)6-4-11/h3-8,10,13,18H,1H2,2H3. The molecule has 0 saturated heterocycles. The second-order valence-corrected chi connectivity index (χ2v) is 5.76. The van der Waals surface area contributed by atoms with Crippen molar-refractivity contribution in [3.8, 4) is 0 Å². The molecule has 0 bridgehead atoms. The summed E-state index contributed by atoms with van der Waals surface area (Å²) < 4.78 is 5.29. The summed E-state index contributed by atoms with van der Waals surface area (Å²) >= 11 is 7.06. The zero-order valence-corrected chi connectivity index (χ0v) is 12.9. The van der Waals surface area contributed by atoms with E-state index >= 15 is 0 Å². The highest BCUT2D eigenvalue weighted by atomic mass is 35.5. The number of nitrogens with zero attached hydrogens (tertiary/aromatic N) is 1. The molecule has 1 aromatic carbocycles. The van der Waals surface area contributed by atoms with Crippen molar-refractivity contribution in [2.24, 2.45) is 0 Å². The Hall–Kier alpha value is -1.69. The number of carbonyl (C=O) groups excluding carboxylic acids is 1. The lowest BCUT2D eigenvalue weighted by molar-refractivity contribution is -0.145. The molecule has 2 aromatic rings. The van der Waals surface area contributed by atoms with Crippen molar-refractivity contribution >= 4 is 28.9 Å². The molecule has 0 amide bonds. The van der Waals surface area contributed by atoms with Crippen LogP contribution in [0, 0.1) is 0 Å². The Labute approximate surface area is 131 Å². The van der Waals surface area contributed by atoms with Crippen LogP contribution in [0.5, 0.6) is 0 Å². The molecule has 0 aliphatic carbocycles. The molecule has 1 N–H and O–H groups in total. The fourth-order valence-electron chi connectivity index (χ4n) is 1.67. The lowest BCUT2D eigenvalue weighted by atomic mass is 10.1. The van der Waals surface area contributed by atoms with E-state index in [1.165, 1.54) is 11.3 Å². The van der Waals surface area contributed by atoms with E-state index in [0.717, 1.165) is 5.56 Å². The normalized spacial score (nSPS) is 13.5. The van der Waals surface area contributed by atoms with Crippen molar-refractivity contribution in [1.82, 2.24) is 4.98 Å². The van der Waals surface area contributed by atoms with E-state index in [-0.39, 0.29) is 5.57 Å². The van der Waals surface area contributed by atoms with Gasteiger partial charge >= 0.3 is 5.97 Å². The minimum Gasteiger partial charge on any atom is -0.454 e. The first kappa shape index (κ1) is 15.7. The number of ether oxygens (including phenoxy) is 1. The number of benzene rings is 1. The highest BCUT2D eigenvalue weighted by Crippen LogP contribution is 2.26. The van der Waals surface area contributed by atoms with Crippen LogP contribution in [-0.2, 0) is 9.53 Å². The van der Waals surface area contributed by atoms with E-state index in [4.69, 9.17) is 16.3 Å². The number of carbonyl (C=O) groups is 1. The molecule has 0 radical (unpaired) electrons. The van der Waals surface area contributed by atoms with Crippen LogP contribution in [0.2, 0.25) is 5.02 Å². The van der Waals surface area contributed by atoms with Gasteiger partial charge < -0.3 is 9.84 Å². The van der Waals surface area contributed by atoms with Crippen molar-refractivity contribution in [2.45, 2.75) is 19.1 Å². The second kappa shape index (κ2) is 6.85. The van der Waals surface area contributed by atoms with Gasteiger partial charge in [-0.3, -0.25) is 0 Å². The van der Waals surface area contributed by atoms with Crippen molar-refractivity contribution in [2.75, 3.05) is 0 Å². The summed E-state index contributed by atoms with van der Waals surface area (Å²) in [5.41, 5.74) is 0.773. The number of aliphatic hydroxyl groups is 1. The number of rotatable bonds is 5. The molecule has 2 atom stereocenters. The van der Waals surface area contributed by atoms with E-state index in [0.29, 0.717) is 10.0 Å². The molecule has 21 heavy (non-hydrogen) atoms. The van der Waals surface area contributed by atoms with Gasteiger partial charge in [-0.1, -0.05) is 30.3 Å². The summed E-state index contributed by atoms with van der Waals surface area (Å²) in [7, 11) is 0. The second-order valence-electron chi connectivity index (χ2n) is 4.40. The van der Waals surface area contributed by atoms with Gasteiger partial charge in [0, 0.05) is 16.6 Å². The van der Waals surface area contributed by atoms with E-state index < -0.39 is 18.2 Å². The molecular weight excluding hydrogens is 310 g/mol. The predicted octanol–water partition coefficient (Wildman–Crippen LogP) is 3.69. The largest absolute Gasteiger partial charge is 0.454 e. The Balaban J connectivity index is 2.00. The van der Waals surface area contributed by atoms with Crippen molar-refractivity contribution in [3.63, 3.8) is 0 Å². The van der Waals surface area contributed by atoms with Gasteiger partial charge in [-0.25, -0.2) is 9.78 Å². The van der Waals surface area contributed by atoms with Gasteiger partial charge in [0.05, 0.1) is 5.57 Å². The van der Waals surface area contributed by atoms with Gasteiger partial charge in [0.25, 0.3) is 0 Å². The summed E-state index contributed by atoms with van der Waals surface area (Å²) in [6.07, 6.45) is -0.0528. The maximum Gasteiger partial charge on any atom is 0.337 e. The maximum absolute atomic E-state index is 12.0. The summed E-state index contributed by atoms with van der Waals surface area (Å²) in [5.74, 6) is -0.653. The Kier molecular flexibility index (Phi) is 5.12. The highest BCUT2D eigenvalue weighted by Gasteiger charge is 2.23. The van der Waals surface area contributed by atoms with Crippen LogP contribution in [-0.4, -0.2) is 16.1 Å². The number of esters is 1. The molecule has 0 saturated carbocycles. The van der Waals surface area contributed by atoms with Gasteiger partial charge in [-0.2, -0.15) is 0 Å². The lowest BCUT2D eigenvalue weighted by Gasteiger charge is -2.16. The van der Waals surface area contributed by atoms with Crippen LogP contribution in [0.3, 0.4) is 0 Å². The van der Waals surface area contributed by atoms with Gasteiger partial charge in [0.1, 0.15) is 17.2 Å². The average Bonchev–Trinajstić information content (AvgIpc) is 3.00. The molecule has 6 heteroatoms. The molecular formula is C15H14ClNO3S. The van der Waals surface area contributed by atoms with Crippen molar-refractivity contribution in [1.29, 1.82) is 0 Å². The van der Waals surface area contributed by atoms with Gasteiger partial charge in [0.15, 0.2) is 0 Å². The number of hydrogen-bond donors (Lipinski definition) is 1. The molecule has 1 heterocycles. The highest BCUT2D eigenvalue weighted by molar-refractivity contribution is 7.09. The number of hydrogen-bond acceptors (Lipinski definition) is 5. The number of halogens is 1. The molecule has 0 aliphatic heterocycles. The third-order valence-corrected chi connectivity index (χ3v) is 3.98. The lowest BCUT2D eigenvalue weighted by Crippen LogP contribution is -2.15. The third-order valence-electron chi connectivity index (χ3n) is 2.90. The number of aliphatic hydroxyl groups excluding tert-OH is 1. The van der Waals surface area contributed by atoms with Gasteiger partial charge in [0.2, 0.25) is 0 Å². The quantitative estimate of drug-likeness (QED) is 0.673. The maximum atomic E-state index is 12.0. The van der Waals surface area contributed by atoms with Crippen LogP contribution in [0.15, 0.2) is 48.0 Å². The molecule has 2 rings (SSSR count). The minimum atomic E-state index is -1.14. The van der Waals surface area contributed by atoms with E-state index in [9.17, 15) is 9.90 Å². The van der Waals surface area contributed by atoms with Crippen LogP contribution in [0.25, 0.3) is 0 Å². The Morgan fingerprint density at radius 1 is 1.43 bits per heavy atom. The molecule has 0 spiro atoms. The molecule has 2 unspecified atom stereocenters. The predicted molar refractivity (Wildman–Crippen MR) is 82.2 cm³/mol. The van der Waals surface area contributed by atoms with E-state index in [2.05, 4.69) is 11.6 Å². The summed E-state index contributed by atoms with van der Waals surface area (Å²) in [4.78, 5) is 16.0. The van der Waals surface area contributed by atoms with Crippen LogP contribution in [0.1, 0.15) is 29.7 Å². The van der Waals surface area contributed by atoms with Crippen LogP contribution < -0.4 is 0 Å². The van der Waals surface area contributed by atoms with Crippen molar-refractivity contribution < 1.29 is 14.6 Å². The number of thiazole rings is 1. The van der Waals surface area contributed by atoms with E-state index in [1.54, 1.807) is 42.8 Å². The SMILES string of the molecule is C=C(C(=O)OC(C)c1ccc(Cl)cc1)C(O)c1nccs1. The molecule has 0 fully saturated rings. The first-order valence-corrected chi connectivity index (χ1v) is 7.47. The van der Waals surface area contributed by atoms with Gasteiger partial charge in [-0.15, -0.1) is 11.3 Å². The zero-order chi connectivity index (χ0) is 15.4. The molecule has 1 aromatic heterocycles. The summed E-state index contributed by atoms with van der Waals surface area (Å²) in [6, 6.07) is 7.00. The smallest absolute Gasteiger partial charge is 0.337 e. The topological polar surface area (TPSA) is 59.4 Å². The van der Waals surface area contributed by atoms with Crippen molar-refractivity contribution in [3.05, 3.63) is 63.6 Å². The Bertz CT molecular complexity index is 625. The zero-order valence-electron chi connectivity index (χ0n) is 11.3. The summed E-state index contributed by atoms with van der Waals surface area (Å²) in [6.45, 7) is 5.33. The monoisotopic (exact) mass is 323 g/mol. The van der Waals surface area contributed by atoms with Gasteiger partial charge in [-0.05, 0) is 24.6 Å². The Morgan fingerprint density at radius 2 is 2.10 bits per heavy atom. The Morgan fingerprint density at radius 3 is 2.67 bits per heavy atom. The fraction of sp³-hybridized carbons (Fsp3) is 0.200. The number of aromatic nitrogens is 1. The van der Waals surface area contributed by atoms with Crippen LogP contribution >= 0.6 is 22.9 Å². The first-order chi connectivity index (χ1) is 9.99. The van der Waals surface area contributed by atoms with Crippen LogP contribution in [0.4, 0.5) is 0 Å². The first-order valence-electron chi connectivity index (χ1n) is 6.21. The molecule has 110 valence electrons. The van der Waals surface area contributed by atoms with E-state index in [1.807, 2.05) is 0 Å². The summed E-state index contributed by atoms with van der Waals surface area (Å²) in [5, 5.41) is 12.7. The minimum absolute atomic E-state index is 0.0363. The molecule has 4 nitrogen and oxygen atoms in total. The fourth-order valence-corrected chi connectivity index (χ4v) is 2.45. The molecule has 0 aliphatic rings.